The van der Waals surface area contributed by atoms with E-state index in [1.54, 1.807) is 0 Å². The summed E-state index contributed by atoms with van der Waals surface area (Å²) in [5, 5.41) is 0.918. The fourth-order valence-corrected chi connectivity index (χ4v) is 2.38. The monoisotopic (exact) mass is 183 g/mol. The first-order chi connectivity index (χ1) is 5.70. The first kappa shape index (κ1) is 7.67. The standard InChI is InChI=1S/C7H9N3OS/c1-4-5(6(8)11)12-7-9-2-3-10(4)7/h2-3H2,1H3,(H2,8,11). The minimum absolute atomic E-state index is 0.352. The predicted octanol–water partition coefficient (Wildman–Crippen LogP) is 0.122. The molecule has 4 nitrogen and oxygen atoms in total. The lowest BCUT2D eigenvalue weighted by Gasteiger charge is -2.11. The zero-order valence-electron chi connectivity index (χ0n) is 6.70. The fourth-order valence-electron chi connectivity index (χ4n) is 1.34. The first-order valence-electron chi connectivity index (χ1n) is 3.70. The smallest absolute Gasteiger partial charge is 0.257 e. The summed E-state index contributed by atoms with van der Waals surface area (Å²) >= 11 is 1.38. The number of amides is 1. The minimum atomic E-state index is -0.352. The van der Waals surface area contributed by atoms with E-state index >= 15 is 0 Å². The second-order valence-corrected chi connectivity index (χ2v) is 3.67. The van der Waals surface area contributed by atoms with E-state index in [2.05, 4.69) is 4.99 Å². The molecule has 2 aliphatic rings. The van der Waals surface area contributed by atoms with Crippen LogP contribution in [0.1, 0.15) is 6.92 Å². The molecule has 0 aromatic heterocycles. The van der Waals surface area contributed by atoms with Gasteiger partial charge in [0.15, 0.2) is 5.17 Å². The second kappa shape index (κ2) is 2.52. The molecule has 0 saturated carbocycles. The Balaban J connectivity index is 2.33. The van der Waals surface area contributed by atoms with Gasteiger partial charge in [-0.05, 0) is 18.7 Å². The maximum absolute atomic E-state index is 10.9. The lowest BCUT2D eigenvalue weighted by Crippen LogP contribution is -2.20. The molecule has 1 amide bonds. The molecular weight excluding hydrogens is 174 g/mol. The van der Waals surface area contributed by atoms with Crippen LogP contribution in [0.15, 0.2) is 15.6 Å². The highest BCUT2D eigenvalue weighted by atomic mass is 32.2. The SMILES string of the molecule is CC1=C(C(N)=O)SC2=NCCN21. The van der Waals surface area contributed by atoms with Crippen LogP contribution in [0, 0.1) is 0 Å². The average Bonchev–Trinajstić information content (AvgIpc) is 2.53. The number of carbonyl (C=O) groups excluding carboxylic acids is 1. The normalized spacial score (nSPS) is 21.4. The summed E-state index contributed by atoms with van der Waals surface area (Å²) in [7, 11) is 0. The van der Waals surface area contributed by atoms with Crippen LogP contribution in [0.4, 0.5) is 0 Å². The molecule has 0 unspecified atom stereocenters. The van der Waals surface area contributed by atoms with Crippen molar-refractivity contribution < 1.29 is 4.79 Å². The van der Waals surface area contributed by atoms with Crippen molar-refractivity contribution in [2.75, 3.05) is 13.1 Å². The Morgan fingerprint density at radius 3 is 3.08 bits per heavy atom. The first-order valence-corrected chi connectivity index (χ1v) is 4.52. The van der Waals surface area contributed by atoms with Crippen LogP contribution in [-0.4, -0.2) is 29.1 Å². The van der Waals surface area contributed by atoms with Gasteiger partial charge in [-0.25, -0.2) is 0 Å². The zero-order valence-corrected chi connectivity index (χ0v) is 7.52. The molecule has 0 spiro atoms. The molecule has 0 radical (unpaired) electrons. The van der Waals surface area contributed by atoms with Crippen LogP contribution >= 0.6 is 11.8 Å². The number of primary amides is 1. The van der Waals surface area contributed by atoms with Gasteiger partial charge in [-0.2, -0.15) is 0 Å². The average molecular weight is 183 g/mol. The predicted molar refractivity (Wildman–Crippen MR) is 48.5 cm³/mol. The number of allylic oxidation sites excluding steroid dienone is 1. The zero-order chi connectivity index (χ0) is 8.72. The third-order valence-electron chi connectivity index (χ3n) is 1.95. The largest absolute Gasteiger partial charge is 0.365 e. The molecule has 0 saturated heterocycles. The van der Waals surface area contributed by atoms with Crippen LogP contribution < -0.4 is 5.73 Å². The molecule has 0 aliphatic carbocycles. The minimum Gasteiger partial charge on any atom is -0.365 e. The van der Waals surface area contributed by atoms with Gasteiger partial charge < -0.3 is 10.6 Å². The van der Waals surface area contributed by atoms with Gasteiger partial charge in [-0.15, -0.1) is 0 Å². The van der Waals surface area contributed by atoms with Gasteiger partial charge in [0.25, 0.3) is 5.91 Å². The van der Waals surface area contributed by atoms with Crippen LogP contribution in [-0.2, 0) is 4.79 Å². The van der Waals surface area contributed by atoms with Gasteiger partial charge in [0.2, 0.25) is 0 Å². The van der Waals surface area contributed by atoms with Gasteiger partial charge >= 0.3 is 0 Å². The number of carbonyl (C=O) groups is 1. The third kappa shape index (κ3) is 0.929. The highest BCUT2D eigenvalue weighted by Crippen LogP contribution is 2.35. The molecular formula is C7H9N3OS. The Bertz CT molecular complexity index is 308. The van der Waals surface area contributed by atoms with Crippen molar-refractivity contribution in [1.82, 2.24) is 4.90 Å². The van der Waals surface area contributed by atoms with Crippen molar-refractivity contribution in [2.45, 2.75) is 6.92 Å². The highest BCUT2D eigenvalue weighted by molar-refractivity contribution is 8.18. The van der Waals surface area contributed by atoms with E-state index in [-0.39, 0.29) is 5.91 Å². The van der Waals surface area contributed by atoms with E-state index in [4.69, 9.17) is 5.73 Å². The Kier molecular flexibility index (Phi) is 1.61. The molecule has 0 bridgehead atoms. The van der Waals surface area contributed by atoms with E-state index < -0.39 is 0 Å². The summed E-state index contributed by atoms with van der Waals surface area (Å²) in [5.74, 6) is -0.352. The van der Waals surface area contributed by atoms with E-state index in [1.165, 1.54) is 11.8 Å². The van der Waals surface area contributed by atoms with E-state index in [1.807, 2.05) is 11.8 Å². The summed E-state index contributed by atoms with van der Waals surface area (Å²) in [5.41, 5.74) is 6.14. The van der Waals surface area contributed by atoms with Crippen molar-refractivity contribution in [1.29, 1.82) is 0 Å². The molecule has 2 heterocycles. The van der Waals surface area contributed by atoms with Crippen molar-refractivity contribution in [3.05, 3.63) is 10.6 Å². The molecule has 0 aromatic carbocycles. The maximum atomic E-state index is 10.9. The number of hydrogen-bond donors (Lipinski definition) is 1. The summed E-state index contributed by atoms with van der Waals surface area (Å²) < 4.78 is 0. The summed E-state index contributed by atoms with van der Waals surface area (Å²) in [6.07, 6.45) is 0. The van der Waals surface area contributed by atoms with Crippen molar-refractivity contribution in [3.63, 3.8) is 0 Å². The number of hydrogen-bond acceptors (Lipinski definition) is 4. The molecule has 2 aliphatic heterocycles. The van der Waals surface area contributed by atoms with Gasteiger partial charge in [-0.1, -0.05) is 0 Å². The van der Waals surface area contributed by atoms with Crippen molar-refractivity contribution in [2.24, 2.45) is 10.7 Å². The van der Waals surface area contributed by atoms with Crippen LogP contribution in [0.25, 0.3) is 0 Å². The number of fused-ring (bicyclic) bond motifs is 1. The molecule has 64 valence electrons. The van der Waals surface area contributed by atoms with E-state index in [0.29, 0.717) is 4.91 Å². The summed E-state index contributed by atoms with van der Waals surface area (Å²) in [4.78, 5) is 17.8. The fraction of sp³-hybridized carbons (Fsp3) is 0.429. The van der Waals surface area contributed by atoms with Crippen molar-refractivity contribution >= 4 is 22.8 Å². The molecule has 2 N–H and O–H groups in total. The Morgan fingerprint density at radius 1 is 1.75 bits per heavy atom. The van der Waals surface area contributed by atoms with Crippen LogP contribution in [0.5, 0.6) is 0 Å². The summed E-state index contributed by atoms with van der Waals surface area (Å²) in [6, 6.07) is 0. The van der Waals surface area contributed by atoms with Gasteiger partial charge in [0.05, 0.1) is 11.4 Å². The number of nitrogens with zero attached hydrogens (tertiary/aromatic N) is 2. The molecule has 12 heavy (non-hydrogen) atoms. The highest BCUT2D eigenvalue weighted by Gasteiger charge is 2.31. The van der Waals surface area contributed by atoms with Gasteiger partial charge in [-0.3, -0.25) is 9.79 Å². The third-order valence-corrected chi connectivity index (χ3v) is 3.18. The molecule has 0 aromatic rings. The quantitative estimate of drug-likeness (QED) is 0.628. The lowest BCUT2D eigenvalue weighted by molar-refractivity contribution is -0.113. The molecule has 5 heteroatoms. The van der Waals surface area contributed by atoms with Crippen molar-refractivity contribution in [3.8, 4) is 0 Å². The molecule has 0 fully saturated rings. The van der Waals surface area contributed by atoms with E-state index in [0.717, 1.165) is 24.0 Å². The van der Waals surface area contributed by atoms with E-state index in [9.17, 15) is 4.79 Å². The number of aliphatic imine (C=N–C) groups is 1. The number of thioether (sulfide) groups is 1. The Morgan fingerprint density at radius 2 is 2.50 bits per heavy atom. The van der Waals surface area contributed by atoms with Crippen LogP contribution in [0.2, 0.25) is 0 Å². The van der Waals surface area contributed by atoms with Crippen LogP contribution in [0.3, 0.4) is 0 Å². The van der Waals surface area contributed by atoms with Gasteiger partial charge in [0.1, 0.15) is 0 Å². The summed E-state index contributed by atoms with van der Waals surface area (Å²) in [6.45, 7) is 3.61. The molecule has 0 atom stereocenters. The molecule has 2 rings (SSSR count). The lowest BCUT2D eigenvalue weighted by atomic mass is 10.4. The second-order valence-electron chi connectivity index (χ2n) is 2.70. The van der Waals surface area contributed by atoms with Gasteiger partial charge in [0, 0.05) is 12.2 Å². The number of amidine groups is 1. The Hall–Kier alpha value is -0.970. The maximum Gasteiger partial charge on any atom is 0.257 e. The Labute approximate surface area is 74.5 Å². The number of nitrogens with two attached hydrogens (primary N) is 1. The topological polar surface area (TPSA) is 58.7 Å². The number of rotatable bonds is 1.